The van der Waals surface area contributed by atoms with Gasteiger partial charge in [0.15, 0.2) is 0 Å². The Labute approximate surface area is 70.1 Å². The number of nitrogens with zero attached hydrogens (tertiary/aromatic N) is 2. The lowest BCUT2D eigenvalue weighted by atomic mass is 10.2. The molecule has 0 aromatic carbocycles. The van der Waals surface area contributed by atoms with Gasteiger partial charge in [-0.1, -0.05) is 0 Å². The summed E-state index contributed by atoms with van der Waals surface area (Å²) in [5.74, 6) is 0. The molecule has 0 aliphatic carbocycles. The van der Waals surface area contributed by atoms with E-state index in [1.807, 2.05) is 6.07 Å². The third-order valence-electron chi connectivity index (χ3n) is 1.73. The number of carboxylic acid groups (broad SMARTS) is 1. The predicted molar refractivity (Wildman–Crippen MR) is 39.6 cm³/mol. The van der Waals surface area contributed by atoms with E-state index in [-0.39, 0.29) is 12.5 Å². The van der Waals surface area contributed by atoms with Gasteiger partial charge in [0, 0.05) is 6.54 Å². The van der Waals surface area contributed by atoms with E-state index in [1.54, 1.807) is 0 Å². The first kappa shape index (κ1) is 8.81. The summed E-state index contributed by atoms with van der Waals surface area (Å²) in [6, 6.07) is 1.95. The molecule has 1 atom stereocenters. The third kappa shape index (κ3) is 2.10. The molecule has 66 valence electrons. The van der Waals surface area contributed by atoms with Crippen LogP contribution in [0.3, 0.4) is 0 Å². The zero-order valence-corrected chi connectivity index (χ0v) is 6.56. The van der Waals surface area contributed by atoms with E-state index < -0.39 is 6.09 Å². The molecular formula is C7H10N2O3. The molecule has 5 nitrogen and oxygen atoms in total. The molecule has 0 bridgehead atoms. The van der Waals surface area contributed by atoms with Gasteiger partial charge in [-0.15, -0.1) is 0 Å². The van der Waals surface area contributed by atoms with Crippen LogP contribution in [0.2, 0.25) is 0 Å². The highest BCUT2D eigenvalue weighted by Crippen LogP contribution is 2.07. The average molecular weight is 170 g/mol. The highest BCUT2D eigenvalue weighted by atomic mass is 16.5. The maximum atomic E-state index is 10.5. The van der Waals surface area contributed by atoms with E-state index in [1.165, 1.54) is 4.90 Å². The van der Waals surface area contributed by atoms with E-state index in [4.69, 9.17) is 15.1 Å². The first-order valence-corrected chi connectivity index (χ1v) is 3.70. The second-order valence-electron chi connectivity index (χ2n) is 2.58. The Balaban J connectivity index is 2.41. The quantitative estimate of drug-likeness (QED) is 0.613. The Hall–Kier alpha value is -1.28. The Morgan fingerprint density at radius 1 is 1.83 bits per heavy atom. The molecule has 0 spiro atoms. The van der Waals surface area contributed by atoms with Crippen molar-refractivity contribution in [2.75, 3.05) is 19.7 Å². The van der Waals surface area contributed by atoms with Crippen molar-refractivity contribution in [3.05, 3.63) is 0 Å². The number of hydrogen-bond donors (Lipinski definition) is 1. The van der Waals surface area contributed by atoms with E-state index in [0.717, 1.165) is 0 Å². The standard InChI is InChI=1S/C7H10N2O3/c8-2-1-6-5-9(7(10)11)3-4-12-6/h6H,1,3-5H2,(H,10,11)/t6-/m1/s1. The first-order valence-electron chi connectivity index (χ1n) is 3.70. The molecule has 1 aliphatic rings. The monoisotopic (exact) mass is 170 g/mol. The minimum atomic E-state index is -0.943. The van der Waals surface area contributed by atoms with Crippen molar-refractivity contribution in [3.8, 4) is 6.07 Å². The molecule has 5 heteroatoms. The Bertz CT molecular complexity index is 211. The van der Waals surface area contributed by atoms with Crippen LogP contribution >= 0.6 is 0 Å². The van der Waals surface area contributed by atoms with Gasteiger partial charge in [-0.05, 0) is 0 Å². The molecule has 1 fully saturated rings. The summed E-state index contributed by atoms with van der Waals surface area (Å²) in [4.78, 5) is 11.8. The first-order chi connectivity index (χ1) is 5.74. The maximum absolute atomic E-state index is 10.5. The molecule has 0 aromatic rings. The summed E-state index contributed by atoms with van der Waals surface area (Å²) in [6.45, 7) is 1.10. The van der Waals surface area contributed by atoms with Crippen molar-refractivity contribution < 1.29 is 14.6 Å². The van der Waals surface area contributed by atoms with E-state index in [9.17, 15) is 4.79 Å². The molecule has 12 heavy (non-hydrogen) atoms. The average Bonchev–Trinajstić information content (AvgIpc) is 2.05. The number of carbonyl (C=O) groups is 1. The number of rotatable bonds is 1. The topological polar surface area (TPSA) is 73.6 Å². The van der Waals surface area contributed by atoms with Crippen LogP contribution in [0.5, 0.6) is 0 Å². The second-order valence-corrected chi connectivity index (χ2v) is 2.58. The van der Waals surface area contributed by atoms with Crippen LogP contribution < -0.4 is 0 Å². The number of amides is 1. The van der Waals surface area contributed by atoms with Crippen LogP contribution in [0.15, 0.2) is 0 Å². The summed E-state index contributed by atoms with van der Waals surface area (Å²) in [7, 11) is 0. The largest absolute Gasteiger partial charge is 0.465 e. The van der Waals surface area contributed by atoms with Gasteiger partial charge >= 0.3 is 6.09 Å². The molecule has 1 amide bonds. The fourth-order valence-corrected chi connectivity index (χ4v) is 1.12. The van der Waals surface area contributed by atoms with Crippen molar-refractivity contribution in [3.63, 3.8) is 0 Å². The molecule has 1 rings (SSSR count). The van der Waals surface area contributed by atoms with Crippen LogP contribution in [0.25, 0.3) is 0 Å². The normalized spacial score (nSPS) is 23.2. The van der Waals surface area contributed by atoms with Gasteiger partial charge in [0.25, 0.3) is 0 Å². The molecule has 0 aromatic heterocycles. The van der Waals surface area contributed by atoms with Gasteiger partial charge in [-0.25, -0.2) is 4.79 Å². The molecule has 1 aliphatic heterocycles. The third-order valence-corrected chi connectivity index (χ3v) is 1.73. The Kier molecular flexibility index (Phi) is 2.88. The SMILES string of the molecule is N#CC[C@@H]1CN(C(=O)O)CCO1. The predicted octanol–water partition coefficient (Wildman–Crippen LogP) is 0.279. The molecule has 1 saturated heterocycles. The molecule has 0 radical (unpaired) electrons. The summed E-state index contributed by atoms with van der Waals surface area (Å²) in [5, 5.41) is 17.0. The Morgan fingerprint density at radius 3 is 3.17 bits per heavy atom. The molecule has 1 heterocycles. The van der Waals surface area contributed by atoms with Crippen LogP contribution in [0.1, 0.15) is 6.42 Å². The molecule has 1 N–H and O–H groups in total. The lowest BCUT2D eigenvalue weighted by Gasteiger charge is -2.29. The fourth-order valence-electron chi connectivity index (χ4n) is 1.12. The van der Waals surface area contributed by atoms with Crippen molar-refractivity contribution in [2.45, 2.75) is 12.5 Å². The van der Waals surface area contributed by atoms with Gasteiger partial charge in [-0.3, -0.25) is 0 Å². The van der Waals surface area contributed by atoms with Crippen LogP contribution in [0.4, 0.5) is 4.79 Å². The van der Waals surface area contributed by atoms with Crippen molar-refractivity contribution >= 4 is 6.09 Å². The number of nitriles is 1. The molecule has 0 saturated carbocycles. The van der Waals surface area contributed by atoms with Crippen molar-refractivity contribution in [2.24, 2.45) is 0 Å². The van der Waals surface area contributed by atoms with Crippen LogP contribution in [-0.4, -0.2) is 41.9 Å². The van der Waals surface area contributed by atoms with Gasteiger partial charge in [-0.2, -0.15) is 5.26 Å². The number of hydrogen-bond acceptors (Lipinski definition) is 3. The molecule has 0 unspecified atom stereocenters. The molecular weight excluding hydrogens is 160 g/mol. The van der Waals surface area contributed by atoms with Gasteiger partial charge in [0.1, 0.15) is 0 Å². The van der Waals surface area contributed by atoms with E-state index >= 15 is 0 Å². The Morgan fingerprint density at radius 2 is 2.58 bits per heavy atom. The maximum Gasteiger partial charge on any atom is 0.407 e. The van der Waals surface area contributed by atoms with Crippen LogP contribution in [0, 0.1) is 11.3 Å². The van der Waals surface area contributed by atoms with Gasteiger partial charge < -0.3 is 14.7 Å². The highest BCUT2D eigenvalue weighted by molar-refractivity contribution is 5.65. The second kappa shape index (κ2) is 3.93. The lowest BCUT2D eigenvalue weighted by Crippen LogP contribution is -2.44. The summed E-state index contributed by atoms with van der Waals surface area (Å²) in [6.07, 6.45) is -0.940. The van der Waals surface area contributed by atoms with Gasteiger partial charge in [0.2, 0.25) is 0 Å². The minimum Gasteiger partial charge on any atom is -0.465 e. The van der Waals surface area contributed by atoms with Crippen LogP contribution in [-0.2, 0) is 4.74 Å². The zero-order chi connectivity index (χ0) is 8.97. The minimum absolute atomic E-state index is 0.250. The summed E-state index contributed by atoms with van der Waals surface area (Å²) >= 11 is 0. The van der Waals surface area contributed by atoms with Crippen molar-refractivity contribution in [1.82, 2.24) is 4.90 Å². The fraction of sp³-hybridized carbons (Fsp3) is 0.714. The summed E-state index contributed by atoms with van der Waals surface area (Å²) in [5.41, 5.74) is 0. The number of ether oxygens (including phenoxy) is 1. The smallest absolute Gasteiger partial charge is 0.407 e. The lowest BCUT2D eigenvalue weighted by molar-refractivity contribution is -0.0189. The van der Waals surface area contributed by atoms with Crippen molar-refractivity contribution in [1.29, 1.82) is 5.26 Å². The van der Waals surface area contributed by atoms with E-state index in [2.05, 4.69) is 0 Å². The number of morpholine rings is 1. The van der Waals surface area contributed by atoms with E-state index in [0.29, 0.717) is 19.7 Å². The van der Waals surface area contributed by atoms with Gasteiger partial charge in [0.05, 0.1) is 31.7 Å². The summed E-state index contributed by atoms with van der Waals surface area (Å²) < 4.78 is 5.17. The highest BCUT2D eigenvalue weighted by Gasteiger charge is 2.23. The zero-order valence-electron chi connectivity index (χ0n) is 6.56.